The average Bonchev–Trinajstić information content (AvgIpc) is 3.35. The second-order valence-corrected chi connectivity index (χ2v) is 6.83. The highest BCUT2D eigenvalue weighted by atomic mass is 32.2. The van der Waals surface area contributed by atoms with Gasteiger partial charge >= 0.3 is 5.97 Å². The van der Waals surface area contributed by atoms with Gasteiger partial charge in [0, 0.05) is 12.2 Å². The zero-order chi connectivity index (χ0) is 19.9. The fourth-order valence-corrected chi connectivity index (χ4v) is 3.21. The largest absolute Gasteiger partial charge is 0.461 e. The van der Waals surface area contributed by atoms with Gasteiger partial charge in [-0.1, -0.05) is 29.5 Å². The van der Waals surface area contributed by atoms with Crippen LogP contribution in [0.15, 0.2) is 52.2 Å². The number of aromatic nitrogens is 3. The number of aryl methyl sites for hydroxylation is 1. The molecule has 0 saturated heterocycles. The number of thioether (sulfide) groups is 1. The molecule has 146 valence electrons. The summed E-state index contributed by atoms with van der Waals surface area (Å²) in [5.41, 5.74) is 1.75. The Labute approximate surface area is 166 Å². The highest BCUT2D eigenvalue weighted by Gasteiger charge is 2.17. The van der Waals surface area contributed by atoms with Crippen molar-refractivity contribution in [2.75, 3.05) is 17.7 Å². The minimum absolute atomic E-state index is 0.0219. The Bertz CT molecular complexity index is 936. The average molecular weight is 400 g/mol. The number of nitrogens with one attached hydrogen (secondary N) is 1. The molecule has 0 saturated carbocycles. The lowest BCUT2D eigenvalue weighted by Crippen LogP contribution is -2.21. The molecule has 0 radical (unpaired) electrons. The third-order valence-corrected chi connectivity index (χ3v) is 4.73. The van der Waals surface area contributed by atoms with Crippen LogP contribution < -0.4 is 5.32 Å². The Morgan fingerprint density at radius 2 is 2.00 bits per heavy atom. The van der Waals surface area contributed by atoms with Gasteiger partial charge in [0.25, 0.3) is 5.91 Å². The van der Waals surface area contributed by atoms with Gasteiger partial charge in [0.2, 0.25) is 0 Å². The van der Waals surface area contributed by atoms with Gasteiger partial charge in [0.1, 0.15) is 0 Å². The fraction of sp³-hybridized carbons (Fsp3) is 0.263. The maximum atomic E-state index is 12.0. The third kappa shape index (κ3) is 5.01. The van der Waals surface area contributed by atoms with Crippen molar-refractivity contribution in [3.8, 4) is 11.6 Å². The normalized spacial score (nSPS) is 10.6. The molecule has 2 aromatic heterocycles. The smallest absolute Gasteiger partial charge is 0.316 e. The van der Waals surface area contributed by atoms with Gasteiger partial charge in [0.05, 0.1) is 12.0 Å². The van der Waals surface area contributed by atoms with E-state index in [1.54, 1.807) is 30.5 Å². The molecule has 3 aromatic rings. The SMILES string of the molecule is CCn1c(SCC(=O)OCC(=O)Nc2ccc(C)cc2)nnc1-c1ccco1. The Hall–Kier alpha value is -3.07. The van der Waals surface area contributed by atoms with Crippen LogP contribution in [0, 0.1) is 6.92 Å². The number of carbonyl (C=O) groups excluding carboxylic acids is 2. The molecule has 0 aliphatic heterocycles. The second kappa shape index (κ2) is 9.23. The number of hydrogen-bond acceptors (Lipinski definition) is 7. The van der Waals surface area contributed by atoms with E-state index < -0.39 is 5.97 Å². The van der Waals surface area contributed by atoms with E-state index in [9.17, 15) is 9.59 Å². The Morgan fingerprint density at radius 3 is 2.68 bits per heavy atom. The van der Waals surface area contributed by atoms with E-state index in [0.29, 0.717) is 29.0 Å². The van der Waals surface area contributed by atoms with Crippen LogP contribution in [0.1, 0.15) is 12.5 Å². The van der Waals surface area contributed by atoms with Gasteiger partial charge in [-0.25, -0.2) is 0 Å². The van der Waals surface area contributed by atoms with E-state index in [4.69, 9.17) is 9.15 Å². The van der Waals surface area contributed by atoms with E-state index >= 15 is 0 Å². The monoisotopic (exact) mass is 400 g/mol. The number of rotatable bonds is 8. The molecule has 8 nitrogen and oxygen atoms in total. The summed E-state index contributed by atoms with van der Waals surface area (Å²) in [6.07, 6.45) is 1.57. The van der Waals surface area contributed by atoms with Crippen LogP contribution >= 0.6 is 11.8 Å². The van der Waals surface area contributed by atoms with Crippen LogP contribution in [0.3, 0.4) is 0 Å². The first kappa shape index (κ1) is 19.7. The highest BCUT2D eigenvalue weighted by Crippen LogP contribution is 2.24. The number of esters is 1. The summed E-state index contributed by atoms with van der Waals surface area (Å²) in [5, 5.41) is 11.5. The summed E-state index contributed by atoms with van der Waals surface area (Å²) in [6.45, 7) is 4.19. The molecule has 0 unspecified atom stereocenters. The maximum absolute atomic E-state index is 12.0. The van der Waals surface area contributed by atoms with E-state index in [0.717, 1.165) is 5.56 Å². The number of anilines is 1. The zero-order valence-corrected chi connectivity index (χ0v) is 16.4. The van der Waals surface area contributed by atoms with Gasteiger partial charge in [-0.3, -0.25) is 14.2 Å². The third-order valence-electron chi connectivity index (χ3n) is 3.79. The standard InChI is InChI=1S/C19H20N4O4S/c1-3-23-18(15-5-4-10-26-15)21-22-19(23)28-12-17(25)27-11-16(24)20-14-8-6-13(2)7-9-14/h4-10H,3,11-12H2,1-2H3,(H,20,24). The predicted octanol–water partition coefficient (Wildman–Crippen LogP) is 3.14. The van der Waals surface area contributed by atoms with Crippen molar-refractivity contribution in [1.29, 1.82) is 0 Å². The zero-order valence-electron chi connectivity index (χ0n) is 15.5. The highest BCUT2D eigenvalue weighted by molar-refractivity contribution is 7.99. The Balaban J connectivity index is 1.48. The fourth-order valence-electron chi connectivity index (χ4n) is 2.41. The lowest BCUT2D eigenvalue weighted by molar-refractivity contribution is -0.144. The molecule has 0 aliphatic rings. The Morgan fingerprint density at radius 1 is 1.21 bits per heavy atom. The van der Waals surface area contributed by atoms with Gasteiger partial charge in [-0.15, -0.1) is 10.2 Å². The van der Waals surface area contributed by atoms with Crippen LogP contribution in [0.2, 0.25) is 0 Å². The number of benzene rings is 1. The van der Waals surface area contributed by atoms with Crippen LogP contribution in [0.25, 0.3) is 11.6 Å². The van der Waals surface area contributed by atoms with Gasteiger partial charge in [-0.05, 0) is 38.1 Å². The molecule has 0 bridgehead atoms. The van der Waals surface area contributed by atoms with E-state index in [-0.39, 0.29) is 18.3 Å². The lowest BCUT2D eigenvalue weighted by Gasteiger charge is -2.07. The first-order valence-electron chi connectivity index (χ1n) is 8.69. The topological polar surface area (TPSA) is 99.2 Å². The van der Waals surface area contributed by atoms with Gasteiger partial charge < -0.3 is 14.5 Å². The van der Waals surface area contributed by atoms with Crippen LogP contribution in [0.5, 0.6) is 0 Å². The molecule has 0 fully saturated rings. The summed E-state index contributed by atoms with van der Waals surface area (Å²) in [5.74, 6) is 0.333. The molecular weight excluding hydrogens is 380 g/mol. The molecule has 1 N–H and O–H groups in total. The molecule has 2 heterocycles. The summed E-state index contributed by atoms with van der Waals surface area (Å²) >= 11 is 1.20. The van der Waals surface area contributed by atoms with Crippen LogP contribution in [0.4, 0.5) is 5.69 Å². The summed E-state index contributed by atoms with van der Waals surface area (Å²) in [7, 11) is 0. The number of amides is 1. The summed E-state index contributed by atoms with van der Waals surface area (Å²) in [4.78, 5) is 23.8. The first-order chi connectivity index (χ1) is 13.6. The number of nitrogens with zero attached hydrogens (tertiary/aromatic N) is 3. The van der Waals surface area contributed by atoms with Crippen molar-refractivity contribution in [2.45, 2.75) is 25.5 Å². The lowest BCUT2D eigenvalue weighted by atomic mass is 10.2. The predicted molar refractivity (Wildman–Crippen MR) is 105 cm³/mol. The van der Waals surface area contributed by atoms with E-state index in [1.165, 1.54) is 11.8 Å². The number of furan rings is 1. The molecule has 1 amide bonds. The van der Waals surface area contributed by atoms with E-state index in [2.05, 4.69) is 15.5 Å². The molecule has 1 aromatic carbocycles. The molecule has 0 spiro atoms. The Kier molecular flexibility index (Phi) is 6.49. The van der Waals surface area contributed by atoms with Crippen LogP contribution in [-0.4, -0.2) is 39.0 Å². The maximum Gasteiger partial charge on any atom is 0.316 e. The molecule has 0 atom stereocenters. The molecule has 0 aliphatic carbocycles. The first-order valence-corrected chi connectivity index (χ1v) is 9.67. The van der Waals surface area contributed by atoms with Crippen molar-refractivity contribution >= 4 is 29.3 Å². The molecule has 28 heavy (non-hydrogen) atoms. The number of carbonyl (C=O) groups is 2. The van der Waals surface area contributed by atoms with Crippen molar-refractivity contribution < 1.29 is 18.7 Å². The minimum atomic E-state index is -0.505. The van der Waals surface area contributed by atoms with Crippen molar-refractivity contribution in [2.24, 2.45) is 0 Å². The molecule has 9 heteroatoms. The van der Waals surface area contributed by atoms with E-state index in [1.807, 2.05) is 30.5 Å². The molecular formula is C19H20N4O4S. The number of ether oxygens (including phenoxy) is 1. The summed E-state index contributed by atoms with van der Waals surface area (Å²) < 4.78 is 12.2. The minimum Gasteiger partial charge on any atom is -0.461 e. The van der Waals surface area contributed by atoms with Crippen molar-refractivity contribution in [3.05, 3.63) is 48.2 Å². The molecule has 3 rings (SSSR count). The second-order valence-electron chi connectivity index (χ2n) is 5.89. The number of hydrogen-bond donors (Lipinski definition) is 1. The summed E-state index contributed by atoms with van der Waals surface area (Å²) in [6, 6.07) is 10.9. The van der Waals surface area contributed by atoms with Gasteiger partial charge in [0.15, 0.2) is 23.3 Å². The van der Waals surface area contributed by atoms with Gasteiger partial charge in [-0.2, -0.15) is 0 Å². The van der Waals surface area contributed by atoms with Crippen molar-refractivity contribution in [3.63, 3.8) is 0 Å². The van der Waals surface area contributed by atoms with Crippen molar-refractivity contribution in [1.82, 2.24) is 14.8 Å². The van der Waals surface area contributed by atoms with Crippen LogP contribution in [-0.2, 0) is 20.9 Å². The quantitative estimate of drug-likeness (QED) is 0.458.